The Morgan fingerprint density at radius 2 is 1.36 bits per heavy atom. The average molecular weight is 475 g/mol. The third-order valence-corrected chi connectivity index (χ3v) is 5.03. The summed E-state index contributed by atoms with van der Waals surface area (Å²) in [6.07, 6.45) is 1.64. The summed E-state index contributed by atoms with van der Waals surface area (Å²) in [5.74, 6) is 0.483. The van der Waals surface area contributed by atoms with Crippen molar-refractivity contribution in [1.29, 1.82) is 0 Å². The van der Waals surface area contributed by atoms with E-state index in [1.165, 1.54) is 16.7 Å². The second-order valence-electron chi connectivity index (χ2n) is 7.19. The zero-order valence-corrected chi connectivity index (χ0v) is 19.4. The molecule has 1 heterocycles. The van der Waals surface area contributed by atoms with E-state index >= 15 is 0 Å². The summed E-state index contributed by atoms with van der Waals surface area (Å²) >= 11 is 0. The molecule has 176 valence electrons. The molecule has 0 aliphatic carbocycles. The van der Waals surface area contributed by atoms with E-state index in [1.54, 1.807) is 14.2 Å². The molecule has 1 N–H and O–H groups in total. The number of carbonyl (C=O) groups is 1. The van der Waals surface area contributed by atoms with Crippen LogP contribution in [-0.2, 0) is 27.8 Å². The van der Waals surface area contributed by atoms with Crippen LogP contribution in [0, 0.1) is 6.92 Å². The van der Waals surface area contributed by atoms with Gasteiger partial charge in [-0.15, -0.1) is 0 Å². The van der Waals surface area contributed by atoms with Crippen molar-refractivity contribution in [3.63, 3.8) is 0 Å². The van der Waals surface area contributed by atoms with Crippen LogP contribution < -0.4 is 14.6 Å². The standard InChI is InChI=1S/C22H23O3.C2H4O5S/c1-16-12-19(13-17-4-8-20(23-2)9-5-17)15-22(25-16)14-18-6-10-21(24-3)11-7-18;3-2(4)1-8(5,6)7/h4-12,15H,13-14H2,1-3H3;1H2,(H,3,4)(H,5,6,7)/q+1;/p-1. The highest BCUT2D eigenvalue weighted by molar-refractivity contribution is 7.86. The number of carboxylic acid groups (broad SMARTS) is 1. The Bertz CT molecular complexity index is 1090. The Labute approximate surface area is 193 Å². The van der Waals surface area contributed by atoms with Gasteiger partial charge in [-0.25, -0.2) is 4.42 Å². The minimum atomic E-state index is -4.39. The molecular formula is C24H26O8S. The molecule has 3 aromatic rings. The normalized spacial score (nSPS) is 10.7. The van der Waals surface area contributed by atoms with Gasteiger partial charge in [0, 0.05) is 12.1 Å². The average Bonchev–Trinajstić information content (AvgIpc) is 2.73. The molecule has 3 rings (SSSR count). The van der Waals surface area contributed by atoms with Crippen molar-refractivity contribution in [2.24, 2.45) is 0 Å². The largest absolute Gasteiger partial charge is 0.549 e. The lowest BCUT2D eigenvalue weighted by Gasteiger charge is -2.04. The number of rotatable bonds is 8. The number of hydrogen-bond donors (Lipinski definition) is 1. The molecule has 0 atom stereocenters. The lowest BCUT2D eigenvalue weighted by Crippen LogP contribution is -2.30. The fourth-order valence-electron chi connectivity index (χ4n) is 3.04. The van der Waals surface area contributed by atoms with Gasteiger partial charge in [0.2, 0.25) is 0 Å². The Kier molecular flexibility index (Phi) is 9.38. The molecule has 0 aliphatic rings. The molecule has 0 bridgehead atoms. The van der Waals surface area contributed by atoms with Crippen LogP contribution >= 0.6 is 0 Å². The second kappa shape index (κ2) is 12.0. The van der Waals surface area contributed by atoms with Gasteiger partial charge in [0.15, 0.2) is 0 Å². The maximum atomic E-state index is 9.58. The number of methoxy groups -OCH3 is 2. The highest BCUT2D eigenvalue weighted by atomic mass is 32.2. The number of hydrogen-bond acceptors (Lipinski definition) is 6. The number of aliphatic carboxylic acids is 1. The van der Waals surface area contributed by atoms with Gasteiger partial charge < -0.3 is 19.4 Å². The highest BCUT2D eigenvalue weighted by Gasteiger charge is 2.14. The van der Waals surface area contributed by atoms with E-state index < -0.39 is 21.8 Å². The Balaban J connectivity index is 0.000000414. The number of benzene rings is 2. The minimum absolute atomic E-state index is 0.765. The summed E-state index contributed by atoms with van der Waals surface area (Å²) in [6.45, 7) is 2.00. The molecule has 9 heteroatoms. The molecule has 0 aliphatic heterocycles. The van der Waals surface area contributed by atoms with Gasteiger partial charge >= 0.3 is 11.5 Å². The maximum absolute atomic E-state index is 9.58. The van der Waals surface area contributed by atoms with Crippen LogP contribution in [0.15, 0.2) is 65.1 Å². The van der Waals surface area contributed by atoms with E-state index in [2.05, 4.69) is 36.4 Å². The van der Waals surface area contributed by atoms with Crippen LogP contribution in [-0.4, -0.2) is 38.9 Å². The number of ether oxygens (including phenoxy) is 2. The van der Waals surface area contributed by atoms with Crippen LogP contribution in [0.1, 0.15) is 28.2 Å². The van der Waals surface area contributed by atoms with E-state index in [0.29, 0.717) is 0 Å². The Morgan fingerprint density at radius 3 is 1.76 bits per heavy atom. The summed E-state index contributed by atoms with van der Waals surface area (Å²) < 4.78 is 43.2. The summed E-state index contributed by atoms with van der Waals surface area (Å²) in [4.78, 5) is 9.36. The molecule has 0 saturated carbocycles. The van der Waals surface area contributed by atoms with E-state index in [0.717, 1.165) is 35.9 Å². The van der Waals surface area contributed by atoms with Crippen LogP contribution in [0.4, 0.5) is 0 Å². The summed E-state index contributed by atoms with van der Waals surface area (Å²) in [7, 11) is -1.03. The van der Waals surface area contributed by atoms with E-state index in [-0.39, 0.29) is 0 Å². The van der Waals surface area contributed by atoms with E-state index in [4.69, 9.17) is 18.4 Å². The van der Waals surface area contributed by atoms with E-state index in [1.807, 2.05) is 31.2 Å². The van der Waals surface area contributed by atoms with Crippen molar-refractivity contribution in [3.05, 3.63) is 88.9 Å². The molecule has 2 aromatic carbocycles. The topological polar surface area (TPSA) is 124 Å². The quantitative estimate of drug-likeness (QED) is 0.390. The molecule has 0 fully saturated rings. The van der Waals surface area contributed by atoms with Gasteiger partial charge in [0.1, 0.15) is 17.3 Å². The van der Waals surface area contributed by atoms with Crippen molar-refractivity contribution in [3.8, 4) is 11.5 Å². The zero-order chi connectivity index (χ0) is 24.4. The van der Waals surface area contributed by atoms with Gasteiger partial charge in [-0.2, -0.15) is 8.42 Å². The predicted molar refractivity (Wildman–Crippen MR) is 121 cm³/mol. The first kappa shape index (κ1) is 25.8. The molecular weight excluding hydrogens is 448 g/mol. The van der Waals surface area contributed by atoms with Crippen molar-refractivity contribution in [2.45, 2.75) is 19.8 Å². The SMILES string of the molecule is COc1ccc(Cc2cc(C)[o+]c(Cc3ccc(OC)cc3)c2)cc1.O=C([O-])CS(=O)(=O)O. The van der Waals surface area contributed by atoms with Crippen molar-refractivity contribution in [2.75, 3.05) is 20.0 Å². The van der Waals surface area contributed by atoms with Gasteiger partial charge in [0.05, 0.1) is 33.5 Å². The lowest BCUT2D eigenvalue weighted by atomic mass is 10.0. The Morgan fingerprint density at radius 1 is 0.879 bits per heavy atom. The first-order chi connectivity index (χ1) is 15.6. The van der Waals surface area contributed by atoms with Crippen LogP contribution in [0.2, 0.25) is 0 Å². The fraction of sp³-hybridized carbons (Fsp3) is 0.250. The van der Waals surface area contributed by atoms with Crippen molar-refractivity contribution in [1.82, 2.24) is 0 Å². The first-order valence-electron chi connectivity index (χ1n) is 9.91. The minimum Gasteiger partial charge on any atom is -0.549 e. The van der Waals surface area contributed by atoms with Gasteiger partial charge in [0.25, 0.3) is 10.1 Å². The van der Waals surface area contributed by atoms with Gasteiger partial charge in [-0.1, -0.05) is 24.3 Å². The summed E-state index contributed by atoms with van der Waals surface area (Å²) in [5.41, 5.74) is 3.70. The van der Waals surface area contributed by atoms with Crippen LogP contribution in [0.5, 0.6) is 11.5 Å². The molecule has 0 radical (unpaired) electrons. The number of carboxylic acids is 1. The monoisotopic (exact) mass is 474 g/mol. The highest BCUT2D eigenvalue weighted by Crippen LogP contribution is 2.20. The second-order valence-corrected chi connectivity index (χ2v) is 8.64. The molecule has 0 amide bonds. The molecule has 33 heavy (non-hydrogen) atoms. The zero-order valence-electron chi connectivity index (χ0n) is 18.6. The van der Waals surface area contributed by atoms with Gasteiger partial charge in [-0.05, 0) is 47.4 Å². The third-order valence-electron chi connectivity index (χ3n) is 4.43. The number of carbonyl (C=O) groups excluding carboxylic acids is 1. The molecule has 1 aromatic heterocycles. The Hall–Kier alpha value is -3.43. The molecule has 0 spiro atoms. The van der Waals surface area contributed by atoms with Crippen molar-refractivity contribution < 1.29 is 36.8 Å². The lowest BCUT2D eigenvalue weighted by molar-refractivity contribution is -0.301. The first-order valence-corrected chi connectivity index (χ1v) is 11.5. The molecule has 0 unspecified atom stereocenters. The van der Waals surface area contributed by atoms with E-state index in [9.17, 15) is 18.3 Å². The van der Waals surface area contributed by atoms with Crippen LogP contribution in [0.25, 0.3) is 0 Å². The van der Waals surface area contributed by atoms with Gasteiger partial charge in [-0.3, -0.25) is 4.55 Å². The predicted octanol–water partition coefficient (Wildman–Crippen LogP) is 2.69. The summed E-state index contributed by atoms with van der Waals surface area (Å²) in [6, 6.07) is 20.5. The third kappa shape index (κ3) is 9.71. The maximum Gasteiger partial charge on any atom is 0.334 e. The van der Waals surface area contributed by atoms with Crippen LogP contribution in [0.3, 0.4) is 0 Å². The summed E-state index contributed by atoms with van der Waals surface area (Å²) in [5, 5.41) is 9.36. The van der Waals surface area contributed by atoms with Crippen molar-refractivity contribution >= 4 is 16.1 Å². The fourth-order valence-corrected chi connectivity index (χ4v) is 3.33. The molecule has 0 saturated heterocycles. The number of aryl methyl sites for hydroxylation is 1. The smallest absolute Gasteiger partial charge is 0.334 e. The molecule has 8 nitrogen and oxygen atoms in total.